The van der Waals surface area contributed by atoms with Crippen molar-refractivity contribution in [3.8, 4) is 0 Å². The van der Waals surface area contributed by atoms with Crippen LogP contribution in [0.5, 0.6) is 0 Å². The summed E-state index contributed by atoms with van der Waals surface area (Å²) in [6.45, 7) is 0. The van der Waals surface area contributed by atoms with E-state index in [1.807, 2.05) is 48.5 Å². The van der Waals surface area contributed by atoms with Crippen LogP contribution in [0.1, 0.15) is 5.56 Å². The fourth-order valence-electron chi connectivity index (χ4n) is 2.10. The minimum Gasteiger partial charge on any atom is -0.258 e. The lowest BCUT2D eigenvalue weighted by Crippen LogP contribution is -1.86. The van der Waals surface area contributed by atoms with Crippen LogP contribution in [0.15, 0.2) is 87.6 Å². The summed E-state index contributed by atoms with van der Waals surface area (Å²) < 4.78 is 0. The predicted molar refractivity (Wildman–Crippen MR) is 102 cm³/mol. The van der Waals surface area contributed by atoms with Crippen molar-refractivity contribution in [2.24, 2.45) is 4.99 Å². The van der Waals surface area contributed by atoms with E-state index in [2.05, 4.69) is 4.99 Å². The van der Waals surface area contributed by atoms with Gasteiger partial charge in [-0.1, -0.05) is 41.6 Å². The average molecular weight is 369 g/mol. The fourth-order valence-corrected chi connectivity index (χ4v) is 3.10. The molecule has 0 bridgehead atoms. The third-order valence-corrected chi connectivity index (χ3v) is 4.74. The molecule has 0 aliphatic rings. The van der Waals surface area contributed by atoms with Crippen LogP contribution in [0.25, 0.3) is 0 Å². The Balaban J connectivity index is 1.68. The van der Waals surface area contributed by atoms with Crippen molar-refractivity contribution in [1.29, 1.82) is 0 Å². The zero-order valence-corrected chi connectivity index (χ0v) is 14.6. The minimum atomic E-state index is -0.403. The first-order valence-corrected chi connectivity index (χ1v) is 8.62. The van der Waals surface area contributed by atoms with Gasteiger partial charge >= 0.3 is 0 Å². The maximum atomic E-state index is 10.7. The molecule has 3 aromatic rings. The van der Waals surface area contributed by atoms with Gasteiger partial charge in [-0.3, -0.25) is 15.1 Å². The predicted octanol–water partition coefficient (Wildman–Crippen LogP) is 6.15. The second kappa shape index (κ2) is 7.96. The van der Waals surface area contributed by atoms with Crippen molar-refractivity contribution in [1.82, 2.24) is 0 Å². The third-order valence-electron chi connectivity index (χ3n) is 3.38. The molecule has 0 aliphatic carbocycles. The zero-order valence-electron chi connectivity index (χ0n) is 13.0. The van der Waals surface area contributed by atoms with E-state index in [9.17, 15) is 10.1 Å². The van der Waals surface area contributed by atoms with Crippen molar-refractivity contribution < 1.29 is 4.92 Å². The van der Waals surface area contributed by atoms with Crippen LogP contribution >= 0.6 is 23.4 Å². The Labute approximate surface area is 154 Å². The molecule has 3 aromatic carbocycles. The van der Waals surface area contributed by atoms with Crippen LogP contribution in [0.4, 0.5) is 11.4 Å². The highest BCUT2D eigenvalue weighted by molar-refractivity contribution is 7.99. The molecule has 0 aliphatic heterocycles. The summed E-state index contributed by atoms with van der Waals surface area (Å²) in [5, 5.41) is 11.3. The molecule has 0 aromatic heterocycles. The number of hydrogen-bond donors (Lipinski definition) is 0. The summed E-state index contributed by atoms with van der Waals surface area (Å²) in [4.78, 5) is 16.7. The number of benzene rings is 3. The van der Waals surface area contributed by atoms with Crippen LogP contribution in [0, 0.1) is 10.1 Å². The normalized spacial score (nSPS) is 10.9. The highest BCUT2D eigenvalue weighted by atomic mass is 35.5. The molecule has 25 heavy (non-hydrogen) atoms. The molecule has 0 N–H and O–H groups in total. The van der Waals surface area contributed by atoms with Gasteiger partial charge in [0, 0.05) is 38.7 Å². The van der Waals surface area contributed by atoms with Crippen molar-refractivity contribution in [2.45, 2.75) is 9.79 Å². The number of hydrogen-bond acceptors (Lipinski definition) is 4. The number of aliphatic imine (C=N–C) groups is 1. The van der Waals surface area contributed by atoms with E-state index in [4.69, 9.17) is 11.6 Å². The van der Waals surface area contributed by atoms with Gasteiger partial charge in [0.15, 0.2) is 0 Å². The molecule has 6 heteroatoms. The smallest absolute Gasteiger partial charge is 0.258 e. The fraction of sp³-hybridized carbons (Fsp3) is 0. The number of nitro benzene ring substituents is 1. The van der Waals surface area contributed by atoms with E-state index in [1.54, 1.807) is 18.3 Å². The molecular weight excluding hydrogens is 356 g/mol. The molecule has 0 unspecified atom stereocenters. The van der Waals surface area contributed by atoms with E-state index in [-0.39, 0.29) is 5.69 Å². The third kappa shape index (κ3) is 4.68. The lowest BCUT2D eigenvalue weighted by atomic mass is 10.2. The van der Waals surface area contributed by atoms with Crippen LogP contribution < -0.4 is 0 Å². The van der Waals surface area contributed by atoms with Gasteiger partial charge in [0.25, 0.3) is 5.69 Å². The van der Waals surface area contributed by atoms with E-state index in [1.165, 1.54) is 23.9 Å². The molecule has 0 saturated carbocycles. The van der Waals surface area contributed by atoms with Crippen LogP contribution in [-0.2, 0) is 0 Å². The minimum absolute atomic E-state index is 0.0913. The molecule has 0 spiro atoms. The molecule has 0 radical (unpaired) electrons. The summed E-state index contributed by atoms with van der Waals surface area (Å²) in [5.74, 6) is 0. The SMILES string of the molecule is O=[N+]([O-])c1ccc(Sc2ccc(N=Cc3ccccc3Cl)cc2)cc1. The van der Waals surface area contributed by atoms with Crippen molar-refractivity contribution in [3.63, 3.8) is 0 Å². The van der Waals surface area contributed by atoms with Gasteiger partial charge in [0.2, 0.25) is 0 Å². The van der Waals surface area contributed by atoms with Crippen molar-refractivity contribution in [2.75, 3.05) is 0 Å². The van der Waals surface area contributed by atoms with Gasteiger partial charge in [0.05, 0.1) is 10.6 Å². The lowest BCUT2D eigenvalue weighted by Gasteiger charge is -2.02. The number of halogens is 1. The summed E-state index contributed by atoms with van der Waals surface area (Å²) >= 11 is 7.64. The number of nitrogens with zero attached hydrogens (tertiary/aromatic N) is 2. The van der Waals surface area contributed by atoms with Crippen molar-refractivity contribution in [3.05, 3.63) is 93.5 Å². The Kier molecular flexibility index (Phi) is 5.48. The maximum absolute atomic E-state index is 10.7. The highest BCUT2D eigenvalue weighted by Crippen LogP contribution is 2.30. The van der Waals surface area contributed by atoms with Crippen LogP contribution in [-0.4, -0.2) is 11.1 Å². The lowest BCUT2D eigenvalue weighted by molar-refractivity contribution is -0.384. The molecule has 0 fully saturated rings. The first-order chi connectivity index (χ1) is 12.1. The molecule has 0 saturated heterocycles. The highest BCUT2D eigenvalue weighted by Gasteiger charge is 2.05. The van der Waals surface area contributed by atoms with E-state index in [0.29, 0.717) is 5.02 Å². The molecule has 3 rings (SSSR count). The second-order valence-electron chi connectivity index (χ2n) is 5.13. The Hall–Kier alpha value is -2.63. The molecular formula is C19H13ClN2O2S. The second-order valence-corrected chi connectivity index (χ2v) is 6.68. The van der Waals surface area contributed by atoms with Gasteiger partial charge in [-0.05, 0) is 42.5 Å². The van der Waals surface area contributed by atoms with Gasteiger partial charge in [-0.2, -0.15) is 0 Å². The van der Waals surface area contributed by atoms with Crippen LogP contribution in [0.2, 0.25) is 5.02 Å². The first-order valence-electron chi connectivity index (χ1n) is 7.43. The van der Waals surface area contributed by atoms with Crippen LogP contribution in [0.3, 0.4) is 0 Å². The van der Waals surface area contributed by atoms with Gasteiger partial charge in [-0.15, -0.1) is 0 Å². The van der Waals surface area contributed by atoms with Gasteiger partial charge in [0.1, 0.15) is 0 Å². The summed E-state index contributed by atoms with van der Waals surface area (Å²) in [6, 6.07) is 21.8. The van der Waals surface area contributed by atoms with Gasteiger partial charge in [-0.25, -0.2) is 0 Å². The van der Waals surface area contributed by atoms with E-state index >= 15 is 0 Å². The number of non-ortho nitro benzene ring substituents is 1. The number of nitro groups is 1. The van der Waals surface area contributed by atoms with E-state index < -0.39 is 4.92 Å². The Morgan fingerprint density at radius 1 is 0.920 bits per heavy atom. The largest absolute Gasteiger partial charge is 0.269 e. The molecule has 0 amide bonds. The van der Waals surface area contributed by atoms with Crippen molar-refractivity contribution >= 4 is 41.0 Å². The Bertz CT molecular complexity index is 909. The Morgan fingerprint density at radius 3 is 2.12 bits per heavy atom. The number of rotatable bonds is 5. The molecule has 4 nitrogen and oxygen atoms in total. The quantitative estimate of drug-likeness (QED) is 0.308. The Morgan fingerprint density at radius 2 is 1.52 bits per heavy atom. The molecule has 124 valence electrons. The summed E-state index contributed by atoms with van der Waals surface area (Å²) in [6.07, 6.45) is 1.74. The standard InChI is InChI=1S/C19H13ClN2O2S/c20-19-4-2-1-3-14(19)13-21-15-5-9-17(10-6-15)25-18-11-7-16(8-12-18)22(23)24/h1-13H. The average Bonchev–Trinajstić information content (AvgIpc) is 2.63. The molecule has 0 heterocycles. The monoisotopic (exact) mass is 368 g/mol. The summed E-state index contributed by atoms with van der Waals surface area (Å²) in [5.41, 5.74) is 1.79. The first kappa shape index (κ1) is 17.2. The summed E-state index contributed by atoms with van der Waals surface area (Å²) in [7, 11) is 0. The topological polar surface area (TPSA) is 55.5 Å². The van der Waals surface area contributed by atoms with Gasteiger partial charge < -0.3 is 0 Å². The zero-order chi connectivity index (χ0) is 17.6. The maximum Gasteiger partial charge on any atom is 0.269 e. The van der Waals surface area contributed by atoms with E-state index in [0.717, 1.165) is 21.0 Å². The molecule has 0 atom stereocenters.